The third-order valence-electron chi connectivity index (χ3n) is 3.64. The molecule has 2 unspecified atom stereocenters. The predicted molar refractivity (Wildman–Crippen MR) is 74.0 cm³/mol. The van der Waals surface area contributed by atoms with Crippen molar-refractivity contribution in [2.24, 2.45) is 0 Å². The van der Waals surface area contributed by atoms with Crippen molar-refractivity contribution >= 4 is 27.1 Å². The van der Waals surface area contributed by atoms with Gasteiger partial charge >= 0.3 is 5.97 Å². The minimum absolute atomic E-state index is 0.353. The molecule has 0 amide bonds. The first-order chi connectivity index (χ1) is 8.86. The molecule has 0 aromatic carbocycles. The third kappa shape index (κ3) is 2.82. The molecule has 5 nitrogen and oxygen atoms in total. The standard InChI is InChI=1S/C12H17NO4S2/c1-19(16,17)10-5-2-6-12(10,11(14)15)13-8-9-4-3-7-18-9/h3-4,7,10,13H,2,5-6,8H2,1H3,(H,14,15). The Hall–Kier alpha value is -0.920. The molecule has 2 rings (SSSR count). The molecule has 1 aromatic heterocycles. The van der Waals surface area contributed by atoms with Gasteiger partial charge in [0.1, 0.15) is 5.54 Å². The number of nitrogens with one attached hydrogen (secondary N) is 1. The fourth-order valence-corrected chi connectivity index (χ4v) is 5.01. The van der Waals surface area contributed by atoms with Crippen LogP contribution in [0.25, 0.3) is 0 Å². The van der Waals surface area contributed by atoms with Crippen molar-refractivity contribution < 1.29 is 18.3 Å². The Balaban J connectivity index is 2.25. The summed E-state index contributed by atoms with van der Waals surface area (Å²) in [5.41, 5.74) is -1.35. The van der Waals surface area contributed by atoms with Gasteiger partial charge in [0.2, 0.25) is 0 Å². The summed E-state index contributed by atoms with van der Waals surface area (Å²) < 4.78 is 23.6. The zero-order valence-electron chi connectivity index (χ0n) is 10.6. The molecular weight excluding hydrogens is 286 g/mol. The molecular formula is C12H17NO4S2. The van der Waals surface area contributed by atoms with Gasteiger partial charge in [-0.25, -0.2) is 8.42 Å². The molecule has 0 bridgehead atoms. The fraction of sp³-hybridized carbons (Fsp3) is 0.583. The number of sulfone groups is 1. The SMILES string of the molecule is CS(=O)(=O)C1CCCC1(NCc1cccs1)C(=O)O. The monoisotopic (exact) mass is 303 g/mol. The van der Waals surface area contributed by atoms with E-state index >= 15 is 0 Å². The van der Waals surface area contributed by atoms with E-state index in [1.54, 1.807) is 0 Å². The Bertz CT molecular complexity index is 552. The third-order valence-corrected chi connectivity index (χ3v) is 6.19. The summed E-state index contributed by atoms with van der Waals surface area (Å²) in [6, 6.07) is 3.79. The summed E-state index contributed by atoms with van der Waals surface area (Å²) >= 11 is 1.52. The maximum absolute atomic E-state index is 11.8. The van der Waals surface area contributed by atoms with E-state index in [1.807, 2.05) is 17.5 Å². The van der Waals surface area contributed by atoms with Crippen molar-refractivity contribution in [3.63, 3.8) is 0 Å². The molecule has 19 heavy (non-hydrogen) atoms. The first kappa shape index (κ1) is 14.5. The number of hydrogen-bond acceptors (Lipinski definition) is 5. The van der Waals surface area contributed by atoms with Crippen molar-refractivity contribution in [3.05, 3.63) is 22.4 Å². The van der Waals surface area contributed by atoms with Crippen LogP contribution >= 0.6 is 11.3 Å². The number of hydrogen-bond donors (Lipinski definition) is 2. The van der Waals surface area contributed by atoms with Crippen LogP contribution in [0, 0.1) is 0 Å². The molecule has 1 aromatic rings. The van der Waals surface area contributed by atoms with E-state index in [1.165, 1.54) is 11.3 Å². The van der Waals surface area contributed by atoms with Crippen molar-refractivity contribution in [1.29, 1.82) is 0 Å². The summed E-state index contributed by atoms with van der Waals surface area (Å²) in [6.07, 6.45) is 2.49. The number of thiophene rings is 1. The smallest absolute Gasteiger partial charge is 0.325 e. The molecule has 1 aliphatic carbocycles. The summed E-state index contributed by atoms with van der Waals surface area (Å²) in [7, 11) is -3.39. The predicted octanol–water partition coefficient (Wildman–Crippen LogP) is 1.26. The summed E-state index contributed by atoms with van der Waals surface area (Å²) in [5.74, 6) is -1.07. The van der Waals surface area contributed by atoms with E-state index in [2.05, 4.69) is 5.32 Å². The van der Waals surface area contributed by atoms with Gasteiger partial charge in [0.25, 0.3) is 0 Å². The van der Waals surface area contributed by atoms with Crippen LogP contribution in [0.15, 0.2) is 17.5 Å². The molecule has 1 heterocycles. The van der Waals surface area contributed by atoms with Crippen LogP contribution in [0.2, 0.25) is 0 Å². The summed E-state index contributed by atoms with van der Waals surface area (Å²) in [5, 5.41) is 13.5. The summed E-state index contributed by atoms with van der Waals surface area (Å²) in [4.78, 5) is 12.6. The zero-order valence-corrected chi connectivity index (χ0v) is 12.3. The van der Waals surface area contributed by atoms with Crippen LogP contribution in [-0.2, 0) is 21.2 Å². The summed E-state index contributed by atoms with van der Waals surface area (Å²) in [6.45, 7) is 0.385. The average molecular weight is 303 g/mol. The number of carboxylic acid groups (broad SMARTS) is 1. The molecule has 1 aliphatic rings. The van der Waals surface area contributed by atoms with Gasteiger partial charge in [0.05, 0.1) is 5.25 Å². The Kier molecular flexibility index (Phi) is 3.98. The van der Waals surface area contributed by atoms with Gasteiger partial charge in [0.15, 0.2) is 9.84 Å². The molecule has 1 fully saturated rings. The van der Waals surface area contributed by atoms with Crippen LogP contribution in [0.3, 0.4) is 0 Å². The van der Waals surface area contributed by atoms with Gasteiger partial charge in [-0.05, 0) is 30.7 Å². The second-order valence-electron chi connectivity index (χ2n) is 4.92. The molecule has 0 spiro atoms. The first-order valence-electron chi connectivity index (χ1n) is 6.06. The van der Waals surface area contributed by atoms with Crippen LogP contribution in [0.4, 0.5) is 0 Å². The van der Waals surface area contributed by atoms with E-state index < -0.39 is 26.6 Å². The van der Waals surface area contributed by atoms with Crippen LogP contribution in [-0.4, -0.2) is 36.5 Å². The highest BCUT2D eigenvalue weighted by molar-refractivity contribution is 7.91. The van der Waals surface area contributed by atoms with Crippen molar-refractivity contribution in [2.45, 2.75) is 36.6 Å². The van der Waals surface area contributed by atoms with Gasteiger partial charge in [-0.15, -0.1) is 11.3 Å². The molecule has 2 atom stereocenters. The Morgan fingerprint density at radius 1 is 1.63 bits per heavy atom. The normalized spacial score (nSPS) is 27.5. The molecule has 7 heteroatoms. The number of rotatable bonds is 5. The zero-order chi connectivity index (χ0) is 14.1. The van der Waals surface area contributed by atoms with Crippen molar-refractivity contribution in [2.75, 3.05) is 6.26 Å². The number of carboxylic acids is 1. The molecule has 0 saturated heterocycles. The van der Waals surface area contributed by atoms with E-state index in [9.17, 15) is 18.3 Å². The van der Waals surface area contributed by atoms with Gasteiger partial charge in [-0.2, -0.15) is 0 Å². The molecule has 2 N–H and O–H groups in total. The van der Waals surface area contributed by atoms with E-state index in [-0.39, 0.29) is 0 Å². The lowest BCUT2D eigenvalue weighted by Gasteiger charge is -2.31. The Morgan fingerprint density at radius 3 is 2.89 bits per heavy atom. The maximum Gasteiger partial charge on any atom is 0.325 e. The first-order valence-corrected chi connectivity index (χ1v) is 8.89. The van der Waals surface area contributed by atoms with E-state index in [4.69, 9.17) is 0 Å². The minimum atomic E-state index is -3.39. The highest BCUT2D eigenvalue weighted by atomic mass is 32.2. The molecule has 106 valence electrons. The Labute approximate surface area is 116 Å². The van der Waals surface area contributed by atoms with Gasteiger partial charge in [0, 0.05) is 17.7 Å². The number of aliphatic carboxylic acids is 1. The van der Waals surface area contributed by atoms with Crippen molar-refractivity contribution in [1.82, 2.24) is 5.32 Å². The van der Waals surface area contributed by atoms with E-state index in [0.717, 1.165) is 11.1 Å². The van der Waals surface area contributed by atoms with Crippen LogP contribution < -0.4 is 5.32 Å². The fourth-order valence-electron chi connectivity index (χ4n) is 2.73. The maximum atomic E-state index is 11.8. The van der Waals surface area contributed by atoms with Gasteiger partial charge in [-0.3, -0.25) is 10.1 Å². The van der Waals surface area contributed by atoms with Gasteiger partial charge in [-0.1, -0.05) is 6.07 Å². The molecule has 1 saturated carbocycles. The highest BCUT2D eigenvalue weighted by Gasteiger charge is 2.53. The largest absolute Gasteiger partial charge is 0.480 e. The van der Waals surface area contributed by atoms with Crippen molar-refractivity contribution in [3.8, 4) is 0 Å². The second-order valence-corrected chi connectivity index (χ2v) is 8.18. The van der Waals surface area contributed by atoms with Crippen LogP contribution in [0.1, 0.15) is 24.1 Å². The van der Waals surface area contributed by atoms with Gasteiger partial charge < -0.3 is 5.11 Å². The lowest BCUT2D eigenvalue weighted by molar-refractivity contribution is -0.144. The lowest BCUT2D eigenvalue weighted by atomic mass is 9.97. The number of carbonyl (C=O) groups is 1. The Morgan fingerprint density at radius 2 is 2.37 bits per heavy atom. The lowest BCUT2D eigenvalue weighted by Crippen LogP contribution is -2.59. The van der Waals surface area contributed by atoms with E-state index in [0.29, 0.717) is 25.8 Å². The quantitative estimate of drug-likeness (QED) is 0.855. The molecule has 0 aliphatic heterocycles. The topological polar surface area (TPSA) is 83.5 Å². The average Bonchev–Trinajstić information content (AvgIpc) is 2.95. The highest BCUT2D eigenvalue weighted by Crippen LogP contribution is 2.35. The van der Waals surface area contributed by atoms with Crippen LogP contribution in [0.5, 0.6) is 0 Å². The second kappa shape index (κ2) is 5.22. The molecule has 0 radical (unpaired) electrons. The minimum Gasteiger partial charge on any atom is -0.480 e.